The largest absolute Gasteiger partial charge is 0.357 e. The van der Waals surface area contributed by atoms with Crippen LogP contribution < -0.4 is 16.0 Å². The van der Waals surface area contributed by atoms with Gasteiger partial charge in [-0.1, -0.05) is 6.07 Å². The van der Waals surface area contributed by atoms with Crippen molar-refractivity contribution >= 4 is 35.8 Å². The Bertz CT molecular complexity index is 523. The number of aromatic nitrogens is 1. The van der Waals surface area contributed by atoms with Gasteiger partial charge in [-0.25, -0.2) is 4.99 Å². The lowest BCUT2D eigenvalue weighted by molar-refractivity contribution is -0.121. The second kappa shape index (κ2) is 11.2. The van der Waals surface area contributed by atoms with Crippen LogP contribution in [0.15, 0.2) is 23.3 Å². The molecule has 1 aromatic heterocycles. The minimum Gasteiger partial charge on any atom is -0.357 e. The van der Waals surface area contributed by atoms with Gasteiger partial charge in [0, 0.05) is 30.5 Å². The van der Waals surface area contributed by atoms with Crippen molar-refractivity contribution in [1.82, 2.24) is 20.9 Å². The van der Waals surface area contributed by atoms with Gasteiger partial charge in [0.1, 0.15) is 6.54 Å². The number of halogens is 1. The van der Waals surface area contributed by atoms with Crippen LogP contribution in [0.4, 0.5) is 0 Å². The van der Waals surface area contributed by atoms with Crippen molar-refractivity contribution in [3.05, 3.63) is 29.6 Å². The number of nitrogens with one attached hydrogen (secondary N) is 3. The molecular formula is C17H30IN5O. The molecule has 0 atom stereocenters. The van der Waals surface area contributed by atoms with Crippen molar-refractivity contribution in [2.24, 2.45) is 4.99 Å². The van der Waals surface area contributed by atoms with Crippen LogP contribution in [0, 0.1) is 6.92 Å². The Hall–Kier alpha value is -1.38. The van der Waals surface area contributed by atoms with Crippen LogP contribution in [0.3, 0.4) is 0 Å². The van der Waals surface area contributed by atoms with Crippen molar-refractivity contribution in [3.8, 4) is 0 Å². The summed E-state index contributed by atoms with van der Waals surface area (Å²) in [5.41, 5.74) is 1.95. The van der Waals surface area contributed by atoms with E-state index in [0.29, 0.717) is 5.96 Å². The monoisotopic (exact) mass is 447 g/mol. The summed E-state index contributed by atoms with van der Waals surface area (Å²) in [7, 11) is 0. The molecule has 1 aromatic rings. The molecule has 0 aliphatic rings. The summed E-state index contributed by atoms with van der Waals surface area (Å²) in [6, 6.07) is 4.08. The molecule has 0 fully saturated rings. The van der Waals surface area contributed by atoms with Crippen molar-refractivity contribution in [2.75, 3.05) is 19.6 Å². The lowest BCUT2D eigenvalue weighted by Gasteiger charge is -2.20. The third kappa shape index (κ3) is 10.4. The predicted molar refractivity (Wildman–Crippen MR) is 110 cm³/mol. The zero-order valence-corrected chi connectivity index (χ0v) is 17.6. The van der Waals surface area contributed by atoms with Gasteiger partial charge in [0.2, 0.25) is 5.91 Å². The molecule has 0 spiro atoms. The van der Waals surface area contributed by atoms with Crippen molar-refractivity contribution in [2.45, 2.75) is 46.6 Å². The van der Waals surface area contributed by atoms with Gasteiger partial charge in [-0.15, -0.1) is 24.0 Å². The number of aliphatic imine (C=N–C) groups is 1. The lowest BCUT2D eigenvalue weighted by Crippen LogP contribution is -2.43. The van der Waals surface area contributed by atoms with Crippen LogP contribution in [-0.2, 0) is 11.2 Å². The van der Waals surface area contributed by atoms with Crippen molar-refractivity contribution in [1.29, 1.82) is 0 Å². The summed E-state index contributed by atoms with van der Waals surface area (Å²) < 4.78 is 0. The van der Waals surface area contributed by atoms with E-state index in [2.05, 4.69) is 32.0 Å². The van der Waals surface area contributed by atoms with Gasteiger partial charge in [0.05, 0.1) is 0 Å². The third-order valence-electron chi connectivity index (χ3n) is 2.92. The highest BCUT2D eigenvalue weighted by atomic mass is 127. The maximum absolute atomic E-state index is 11.8. The first-order valence-electron chi connectivity index (χ1n) is 8.05. The molecule has 1 heterocycles. The topological polar surface area (TPSA) is 78.4 Å². The maximum Gasteiger partial charge on any atom is 0.242 e. The molecule has 1 amide bonds. The molecule has 0 aromatic carbocycles. The van der Waals surface area contributed by atoms with Crippen molar-refractivity contribution in [3.63, 3.8) is 0 Å². The van der Waals surface area contributed by atoms with Crippen LogP contribution in [0.25, 0.3) is 0 Å². The molecule has 0 bridgehead atoms. The van der Waals surface area contributed by atoms with E-state index in [9.17, 15) is 4.79 Å². The number of carbonyl (C=O) groups is 1. The van der Waals surface area contributed by atoms with E-state index in [1.165, 1.54) is 5.56 Å². The average Bonchev–Trinajstić information content (AvgIpc) is 2.45. The molecule has 136 valence electrons. The summed E-state index contributed by atoms with van der Waals surface area (Å²) in [5.74, 6) is 0.564. The van der Waals surface area contributed by atoms with Gasteiger partial charge >= 0.3 is 0 Å². The molecule has 0 radical (unpaired) electrons. The molecule has 1 rings (SSSR count). The highest BCUT2D eigenvalue weighted by Gasteiger charge is 2.13. The Morgan fingerprint density at radius 1 is 1.25 bits per heavy atom. The standard InChI is InChI=1S/C17H29N5O.HI/c1-6-18-16(21-12-15(23)22-17(3,4)5)19-10-9-14-8-7-13(2)20-11-14;/h7-8,11H,6,9-10,12H2,1-5H3,(H,22,23)(H2,18,19,21);1H. The highest BCUT2D eigenvalue weighted by molar-refractivity contribution is 14.0. The highest BCUT2D eigenvalue weighted by Crippen LogP contribution is 1.99. The molecule has 0 aliphatic carbocycles. The molecule has 7 heteroatoms. The molecule has 0 unspecified atom stereocenters. The zero-order chi connectivity index (χ0) is 17.3. The third-order valence-corrected chi connectivity index (χ3v) is 2.92. The quantitative estimate of drug-likeness (QED) is 0.354. The van der Waals surface area contributed by atoms with Crippen LogP contribution in [0.1, 0.15) is 39.0 Å². The fourth-order valence-electron chi connectivity index (χ4n) is 1.92. The number of guanidine groups is 1. The Kier molecular flexibility index (Phi) is 10.6. The van der Waals surface area contributed by atoms with E-state index in [0.717, 1.165) is 25.2 Å². The van der Waals surface area contributed by atoms with E-state index in [1.807, 2.05) is 46.9 Å². The number of amides is 1. The van der Waals surface area contributed by atoms with Gasteiger partial charge in [-0.05, 0) is 52.7 Å². The van der Waals surface area contributed by atoms with E-state index in [-0.39, 0.29) is 42.0 Å². The second-order valence-electron chi connectivity index (χ2n) is 6.48. The van der Waals surface area contributed by atoms with Crippen LogP contribution in [0.2, 0.25) is 0 Å². The molecule has 3 N–H and O–H groups in total. The van der Waals surface area contributed by atoms with Gasteiger partial charge in [0.15, 0.2) is 5.96 Å². The zero-order valence-electron chi connectivity index (χ0n) is 15.3. The maximum atomic E-state index is 11.8. The van der Waals surface area contributed by atoms with Gasteiger partial charge in [0.25, 0.3) is 0 Å². The van der Waals surface area contributed by atoms with E-state index in [1.54, 1.807) is 0 Å². The molecule has 6 nitrogen and oxygen atoms in total. The Balaban J connectivity index is 0.00000529. The summed E-state index contributed by atoms with van der Waals surface area (Å²) in [6.07, 6.45) is 2.74. The average molecular weight is 447 g/mol. The van der Waals surface area contributed by atoms with E-state index in [4.69, 9.17) is 0 Å². The molecular weight excluding hydrogens is 417 g/mol. The molecule has 0 saturated carbocycles. The summed E-state index contributed by atoms with van der Waals surface area (Å²) in [4.78, 5) is 20.4. The normalized spacial score (nSPS) is 11.5. The Morgan fingerprint density at radius 2 is 1.96 bits per heavy atom. The van der Waals surface area contributed by atoms with Crippen LogP contribution >= 0.6 is 24.0 Å². The van der Waals surface area contributed by atoms with Crippen LogP contribution in [0.5, 0.6) is 0 Å². The Labute approximate surface area is 162 Å². The molecule has 0 saturated heterocycles. The smallest absolute Gasteiger partial charge is 0.242 e. The van der Waals surface area contributed by atoms with E-state index < -0.39 is 0 Å². The fourth-order valence-corrected chi connectivity index (χ4v) is 1.92. The molecule has 24 heavy (non-hydrogen) atoms. The number of rotatable bonds is 6. The number of aryl methyl sites for hydroxylation is 1. The number of hydrogen-bond acceptors (Lipinski definition) is 3. The van der Waals surface area contributed by atoms with Gasteiger partial charge < -0.3 is 16.0 Å². The second-order valence-corrected chi connectivity index (χ2v) is 6.48. The summed E-state index contributed by atoms with van der Waals surface area (Å²) in [5, 5.41) is 9.27. The SMILES string of the molecule is CCNC(=NCC(=O)NC(C)(C)C)NCCc1ccc(C)nc1.I. The summed E-state index contributed by atoms with van der Waals surface area (Å²) in [6.45, 7) is 11.4. The first-order chi connectivity index (χ1) is 10.8. The number of pyridine rings is 1. The first kappa shape index (κ1) is 22.6. The number of hydrogen-bond donors (Lipinski definition) is 3. The number of carbonyl (C=O) groups excluding carboxylic acids is 1. The Morgan fingerprint density at radius 3 is 2.50 bits per heavy atom. The van der Waals surface area contributed by atoms with E-state index >= 15 is 0 Å². The van der Waals surface area contributed by atoms with Gasteiger partial charge in [-0.3, -0.25) is 9.78 Å². The first-order valence-corrected chi connectivity index (χ1v) is 8.05. The van der Waals surface area contributed by atoms with Crippen molar-refractivity contribution < 1.29 is 4.79 Å². The minimum atomic E-state index is -0.239. The van der Waals surface area contributed by atoms with Gasteiger partial charge in [-0.2, -0.15) is 0 Å². The fraction of sp³-hybridized carbons (Fsp3) is 0.588. The minimum absolute atomic E-state index is 0. The lowest BCUT2D eigenvalue weighted by atomic mass is 10.1. The number of nitrogens with zero attached hydrogens (tertiary/aromatic N) is 2. The summed E-state index contributed by atoms with van der Waals surface area (Å²) >= 11 is 0. The van der Waals surface area contributed by atoms with Crippen LogP contribution in [-0.4, -0.2) is 42.0 Å². The predicted octanol–water partition coefficient (Wildman–Crippen LogP) is 2.02. The molecule has 0 aliphatic heterocycles.